The molecule has 94 valence electrons. The van der Waals surface area contributed by atoms with Gasteiger partial charge in [-0.3, -0.25) is 4.79 Å². The van der Waals surface area contributed by atoms with Crippen LogP contribution in [-0.4, -0.2) is 21.0 Å². The van der Waals surface area contributed by atoms with Gasteiger partial charge in [0.2, 0.25) is 0 Å². The van der Waals surface area contributed by atoms with Gasteiger partial charge in [0.25, 0.3) is 0 Å². The summed E-state index contributed by atoms with van der Waals surface area (Å²) in [5, 5.41) is 8.70. The number of rotatable bonds is 4. The second-order valence-electron chi connectivity index (χ2n) is 4.60. The van der Waals surface area contributed by atoms with E-state index in [0.29, 0.717) is 17.4 Å². The maximum Gasteiger partial charge on any atom is 0.309 e. The molecule has 2 aromatic rings. The Balaban J connectivity index is 2.20. The molecule has 18 heavy (non-hydrogen) atoms. The largest absolute Gasteiger partial charge is 0.481 e. The predicted octanol–water partition coefficient (Wildman–Crippen LogP) is 2.83. The molecule has 1 heterocycles. The molecule has 1 aromatic carbocycles. The van der Waals surface area contributed by atoms with Crippen molar-refractivity contribution in [2.45, 2.75) is 26.2 Å². The summed E-state index contributed by atoms with van der Waals surface area (Å²) in [6, 6.07) is 8.14. The minimum Gasteiger partial charge on any atom is -0.481 e. The van der Waals surface area contributed by atoms with Gasteiger partial charge in [0.1, 0.15) is 5.82 Å². The Morgan fingerprint density at radius 2 is 2.00 bits per heavy atom. The van der Waals surface area contributed by atoms with E-state index in [2.05, 4.69) is 35.9 Å². The summed E-state index contributed by atoms with van der Waals surface area (Å²) in [7, 11) is 0. The van der Waals surface area contributed by atoms with Crippen LogP contribution < -0.4 is 0 Å². The zero-order valence-corrected chi connectivity index (χ0v) is 10.5. The van der Waals surface area contributed by atoms with Crippen molar-refractivity contribution >= 4 is 5.97 Å². The second kappa shape index (κ2) is 5.04. The molecule has 4 nitrogen and oxygen atoms in total. The van der Waals surface area contributed by atoms with Gasteiger partial charge >= 0.3 is 5.97 Å². The third kappa shape index (κ3) is 2.77. The zero-order chi connectivity index (χ0) is 13.1. The number of hydrogen-bond donors (Lipinski definition) is 2. The van der Waals surface area contributed by atoms with Crippen molar-refractivity contribution < 1.29 is 9.90 Å². The van der Waals surface area contributed by atoms with E-state index < -0.39 is 5.97 Å². The first-order valence-corrected chi connectivity index (χ1v) is 5.92. The lowest BCUT2D eigenvalue weighted by molar-refractivity contribution is -0.136. The number of hydrogen-bond acceptors (Lipinski definition) is 2. The third-order valence-corrected chi connectivity index (χ3v) is 2.82. The second-order valence-corrected chi connectivity index (χ2v) is 4.60. The number of imidazole rings is 1. The Kier molecular flexibility index (Phi) is 3.46. The lowest BCUT2D eigenvalue weighted by Gasteiger charge is -2.05. The van der Waals surface area contributed by atoms with E-state index in [9.17, 15) is 4.79 Å². The van der Waals surface area contributed by atoms with Crippen LogP contribution in [0.1, 0.15) is 31.0 Å². The number of aliphatic carboxylic acids is 1. The Morgan fingerprint density at radius 3 is 2.56 bits per heavy atom. The molecule has 2 N–H and O–H groups in total. The fourth-order valence-corrected chi connectivity index (χ4v) is 1.78. The number of aromatic amines is 1. The van der Waals surface area contributed by atoms with E-state index in [4.69, 9.17) is 5.11 Å². The molecule has 0 bridgehead atoms. The predicted molar refractivity (Wildman–Crippen MR) is 69.5 cm³/mol. The Labute approximate surface area is 106 Å². The molecule has 0 aliphatic heterocycles. The Morgan fingerprint density at radius 1 is 1.33 bits per heavy atom. The van der Waals surface area contributed by atoms with Crippen molar-refractivity contribution in [3.05, 3.63) is 41.7 Å². The van der Waals surface area contributed by atoms with Crippen molar-refractivity contribution in [3.63, 3.8) is 0 Å². The summed E-state index contributed by atoms with van der Waals surface area (Å²) in [4.78, 5) is 17.8. The molecule has 2 rings (SSSR count). The van der Waals surface area contributed by atoms with Crippen molar-refractivity contribution in [1.29, 1.82) is 0 Å². The normalized spacial score (nSPS) is 10.8. The molecule has 0 saturated carbocycles. The average Bonchev–Trinajstić information content (AvgIpc) is 2.76. The molecule has 0 radical (unpaired) electrons. The molecule has 0 amide bonds. The molecule has 0 unspecified atom stereocenters. The quantitative estimate of drug-likeness (QED) is 0.869. The Bertz CT molecular complexity index is 541. The topological polar surface area (TPSA) is 66.0 Å². The molecule has 4 heteroatoms. The van der Waals surface area contributed by atoms with Crippen LogP contribution in [0.5, 0.6) is 0 Å². The maximum absolute atomic E-state index is 10.6. The number of carboxylic acids is 1. The van der Waals surface area contributed by atoms with Gasteiger partial charge in [-0.1, -0.05) is 38.1 Å². The first-order chi connectivity index (χ1) is 8.56. The number of carboxylic acid groups (broad SMARTS) is 1. The fourth-order valence-electron chi connectivity index (χ4n) is 1.78. The van der Waals surface area contributed by atoms with Gasteiger partial charge in [-0.05, 0) is 11.5 Å². The molecular weight excluding hydrogens is 228 g/mol. The smallest absolute Gasteiger partial charge is 0.309 e. The van der Waals surface area contributed by atoms with Crippen LogP contribution in [0.2, 0.25) is 0 Å². The van der Waals surface area contributed by atoms with Crippen molar-refractivity contribution in [2.24, 2.45) is 0 Å². The number of H-pyrrole nitrogens is 1. The number of nitrogens with one attached hydrogen (secondary N) is 1. The first kappa shape index (κ1) is 12.4. The highest BCUT2D eigenvalue weighted by atomic mass is 16.4. The zero-order valence-electron chi connectivity index (χ0n) is 10.5. The van der Waals surface area contributed by atoms with E-state index in [-0.39, 0.29) is 6.42 Å². The van der Waals surface area contributed by atoms with Gasteiger partial charge in [0, 0.05) is 17.5 Å². The lowest BCUT2D eigenvalue weighted by Crippen LogP contribution is -1.99. The molecule has 0 aliphatic carbocycles. The number of aromatic nitrogens is 2. The van der Waals surface area contributed by atoms with Crippen LogP contribution in [0.3, 0.4) is 0 Å². The number of nitrogens with zero attached hydrogens (tertiary/aromatic N) is 1. The van der Waals surface area contributed by atoms with Gasteiger partial charge in [-0.15, -0.1) is 0 Å². The molecule has 0 spiro atoms. The van der Waals surface area contributed by atoms with Crippen LogP contribution in [-0.2, 0) is 11.2 Å². The maximum atomic E-state index is 10.6. The third-order valence-electron chi connectivity index (χ3n) is 2.82. The van der Waals surface area contributed by atoms with Gasteiger partial charge in [0.05, 0.1) is 6.42 Å². The summed E-state index contributed by atoms with van der Waals surface area (Å²) in [5.74, 6) is 0.347. The monoisotopic (exact) mass is 244 g/mol. The molecular formula is C14H16N2O2. The molecule has 0 saturated heterocycles. The van der Waals surface area contributed by atoms with Crippen LogP contribution in [0.4, 0.5) is 0 Å². The number of benzene rings is 1. The fraction of sp³-hybridized carbons (Fsp3) is 0.286. The molecule has 0 fully saturated rings. The lowest BCUT2D eigenvalue weighted by atomic mass is 10.0. The summed E-state index contributed by atoms with van der Waals surface area (Å²) >= 11 is 0. The first-order valence-electron chi connectivity index (χ1n) is 5.92. The summed E-state index contributed by atoms with van der Waals surface area (Å²) < 4.78 is 0. The summed E-state index contributed by atoms with van der Waals surface area (Å²) in [5.41, 5.74) is 2.86. The van der Waals surface area contributed by atoms with Gasteiger partial charge in [0.15, 0.2) is 0 Å². The van der Waals surface area contributed by atoms with Crippen molar-refractivity contribution in [2.75, 3.05) is 0 Å². The van der Waals surface area contributed by atoms with E-state index >= 15 is 0 Å². The summed E-state index contributed by atoms with van der Waals surface area (Å²) in [6.07, 6.45) is 1.54. The highest BCUT2D eigenvalue weighted by Crippen LogP contribution is 2.20. The number of carbonyl (C=O) groups is 1. The minimum atomic E-state index is -0.861. The highest BCUT2D eigenvalue weighted by Gasteiger charge is 2.07. The van der Waals surface area contributed by atoms with Gasteiger partial charge in [-0.2, -0.15) is 0 Å². The van der Waals surface area contributed by atoms with Crippen molar-refractivity contribution in [1.82, 2.24) is 9.97 Å². The van der Waals surface area contributed by atoms with Crippen LogP contribution in [0.15, 0.2) is 30.5 Å². The van der Waals surface area contributed by atoms with Gasteiger partial charge in [-0.25, -0.2) is 4.98 Å². The van der Waals surface area contributed by atoms with E-state index in [1.54, 1.807) is 6.20 Å². The SMILES string of the molecule is CC(C)c1ccc(-c2ncc(CC(=O)O)[nH]2)cc1. The van der Waals surface area contributed by atoms with Crippen molar-refractivity contribution in [3.8, 4) is 11.4 Å². The van der Waals surface area contributed by atoms with Crippen LogP contribution in [0, 0.1) is 0 Å². The average molecular weight is 244 g/mol. The highest BCUT2D eigenvalue weighted by molar-refractivity contribution is 5.70. The van der Waals surface area contributed by atoms with E-state index in [1.807, 2.05) is 12.1 Å². The van der Waals surface area contributed by atoms with Gasteiger partial charge < -0.3 is 10.1 Å². The molecule has 1 aromatic heterocycles. The van der Waals surface area contributed by atoms with E-state index in [0.717, 1.165) is 5.56 Å². The molecule has 0 aliphatic rings. The van der Waals surface area contributed by atoms with Crippen LogP contribution in [0.25, 0.3) is 11.4 Å². The molecule has 0 atom stereocenters. The summed E-state index contributed by atoms with van der Waals surface area (Å²) in [6.45, 7) is 4.29. The minimum absolute atomic E-state index is 0.0307. The Hall–Kier alpha value is -2.10. The standard InChI is InChI=1S/C14H16N2O2/c1-9(2)10-3-5-11(6-4-10)14-15-8-12(16-14)7-13(17)18/h3-6,8-9H,7H2,1-2H3,(H,15,16)(H,17,18). The van der Waals surface area contributed by atoms with Crippen LogP contribution >= 0.6 is 0 Å². The van der Waals surface area contributed by atoms with E-state index in [1.165, 1.54) is 5.56 Å².